The average molecular weight is 247 g/mol. The molecule has 0 aliphatic rings. The molecule has 2 aromatic rings. The van der Waals surface area contributed by atoms with Gasteiger partial charge in [0.2, 0.25) is 5.95 Å². The first-order chi connectivity index (χ1) is 8.61. The highest BCUT2D eigenvalue weighted by Gasteiger charge is 2.09. The van der Waals surface area contributed by atoms with Crippen molar-refractivity contribution < 1.29 is 4.39 Å². The van der Waals surface area contributed by atoms with E-state index in [0.717, 1.165) is 35.9 Å². The summed E-state index contributed by atoms with van der Waals surface area (Å²) in [5.74, 6) is 0.597. The fourth-order valence-electron chi connectivity index (χ4n) is 1.93. The van der Waals surface area contributed by atoms with E-state index in [1.54, 1.807) is 6.07 Å². The number of anilines is 1. The van der Waals surface area contributed by atoms with Crippen molar-refractivity contribution in [2.45, 2.75) is 27.2 Å². The lowest BCUT2D eigenvalue weighted by Gasteiger charge is -2.11. The summed E-state index contributed by atoms with van der Waals surface area (Å²) in [5, 5.41) is 3.28. The summed E-state index contributed by atoms with van der Waals surface area (Å²) in [5.41, 5.74) is 2.79. The van der Waals surface area contributed by atoms with Gasteiger partial charge in [0.15, 0.2) is 0 Å². The zero-order chi connectivity index (χ0) is 13.1. The maximum Gasteiger partial charge on any atom is 0.207 e. The summed E-state index contributed by atoms with van der Waals surface area (Å²) in [7, 11) is 0. The molecule has 1 aromatic carbocycles. The predicted octanol–water partition coefficient (Wildman–Crippen LogP) is 3.45. The first kappa shape index (κ1) is 12.6. The van der Waals surface area contributed by atoms with Gasteiger partial charge in [-0.2, -0.15) is 0 Å². The van der Waals surface area contributed by atoms with Gasteiger partial charge in [-0.25, -0.2) is 9.37 Å². The summed E-state index contributed by atoms with van der Waals surface area (Å²) in [6.45, 7) is 6.83. The van der Waals surface area contributed by atoms with Crippen LogP contribution >= 0.6 is 0 Å². The minimum Gasteiger partial charge on any atom is -0.355 e. The fraction of sp³-hybridized carbons (Fsp3) is 0.357. The lowest BCUT2D eigenvalue weighted by atomic mass is 10.2. The number of imidazole rings is 1. The third-order valence-corrected chi connectivity index (χ3v) is 2.78. The van der Waals surface area contributed by atoms with Gasteiger partial charge in [-0.15, -0.1) is 0 Å². The Labute approximate surface area is 107 Å². The molecule has 0 amide bonds. The van der Waals surface area contributed by atoms with Gasteiger partial charge >= 0.3 is 0 Å². The summed E-state index contributed by atoms with van der Waals surface area (Å²) in [6.07, 6.45) is 2.99. The minimum atomic E-state index is -0.212. The van der Waals surface area contributed by atoms with E-state index < -0.39 is 0 Å². The van der Waals surface area contributed by atoms with Crippen molar-refractivity contribution in [3.63, 3.8) is 0 Å². The summed E-state index contributed by atoms with van der Waals surface area (Å²) >= 11 is 0. The van der Waals surface area contributed by atoms with Gasteiger partial charge in [0.05, 0.1) is 11.4 Å². The van der Waals surface area contributed by atoms with E-state index in [1.165, 1.54) is 12.1 Å². The number of benzene rings is 1. The molecule has 18 heavy (non-hydrogen) atoms. The van der Waals surface area contributed by atoms with Crippen LogP contribution in [0, 0.1) is 19.7 Å². The van der Waals surface area contributed by atoms with Crippen molar-refractivity contribution in [3.05, 3.63) is 41.5 Å². The van der Waals surface area contributed by atoms with Crippen molar-refractivity contribution in [2.75, 3.05) is 11.9 Å². The largest absolute Gasteiger partial charge is 0.355 e. The van der Waals surface area contributed by atoms with Gasteiger partial charge in [0.25, 0.3) is 0 Å². The molecule has 0 aliphatic carbocycles. The molecule has 0 saturated heterocycles. The lowest BCUT2D eigenvalue weighted by molar-refractivity contribution is 0.626. The van der Waals surface area contributed by atoms with Gasteiger partial charge in [-0.05, 0) is 44.0 Å². The zero-order valence-corrected chi connectivity index (χ0v) is 11.0. The molecule has 0 fully saturated rings. The van der Waals surface area contributed by atoms with Crippen LogP contribution in [0.3, 0.4) is 0 Å². The first-order valence-corrected chi connectivity index (χ1v) is 6.18. The second kappa shape index (κ2) is 5.21. The Bertz CT molecular complexity index is 546. The Morgan fingerprint density at radius 3 is 2.78 bits per heavy atom. The molecule has 1 N–H and O–H groups in total. The number of aromatic nitrogens is 2. The van der Waals surface area contributed by atoms with E-state index in [4.69, 9.17) is 0 Å². The van der Waals surface area contributed by atoms with Crippen LogP contribution in [0.25, 0.3) is 5.69 Å². The molecule has 0 atom stereocenters. The molecule has 0 aliphatic heterocycles. The molecule has 3 nitrogen and oxygen atoms in total. The highest BCUT2D eigenvalue weighted by molar-refractivity contribution is 5.47. The van der Waals surface area contributed by atoms with E-state index in [1.807, 2.05) is 24.6 Å². The summed E-state index contributed by atoms with van der Waals surface area (Å²) in [4.78, 5) is 4.45. The molecule has 0 unspecified atom stereocenters. The summed E-state index contributed by atoms with van der Waals surface area (Å²) in [6, 6.07) is 4.79. The highest BCUT2D eigenvalue weighted by atomic mass is 19.1. The van der Waals surface area contributed by atoms with Crippen molar-refractivity contribution in [3.8, 4) is 5.69 Å². The van der Waals surface area contributed by atoms with Gasteiger partial charge in [-0.1, -0.05) is 6.92 Å². The van der Waals surface area contributed by atoms with Crippen LogP contribution < -0.4 is 5.32 Å². The quantitative estimate of drug-likeness (QED) is 0.896. The van der Waals surface area contributed by atoms with Gasteiger partial charge in [-0.3, -0.25) is 4.57 Å². The molecular formula is C14H18FN3. The van der Waals surface area contributed by atoms with E-state index >= 15 is 0 Å². The third kappa shape index (κ3) is 2.53. The van der Waals surface area contributed by atoms with Crippen molar-refractivity contribution in [2.24, 2.45) is 0 Å². The maximum absolute atomic E-state index is 13.1. The Kier molecular flexibility index (Phi) is 3.65. The number of hydrogen-bond donors (Lipinski definition) is 1. The zero-order valence-electron chi connectivity index (χ0n) is 11.0. The molecule has 0 radical (unpaired) electrons. The molecule has 2 rings (SSSR count). The molecule has 0 bridgehead atoms. The van der Waals surface area contributed by atoms with E-state index in [-0.39, 0.29) is 5.82 Å². The summed E-state index contributed by atoms with van der Waals surface area (Å²) < 4.78 is 15.1. The van der Waals surface area contributed by atoms with E-state index in [2.05, 4.69) is 17.2 Å². The van der Waals surface area contributed by atoms with Gasteiger partial charge in [0, 0.05) is 12.7 Å². The van der Waals surface area contributed by atoms with E-state index in [0.29, 0.717) is 0 Å². The number of nitrogens with zero attached hydrogens (tertiary/aromatic N) is 2. The fourth-order valence-corrected chi connectivity index (χ4v) is 1.93. The van der Waals surface area contributed by atoms with Gasteiger partial charge in [0.1, 0.15) is 5.82 Å². The maximum atomic E-state index is 13.1. The number of halogens is 1. The molecule has 0 saturated carbocycles. The molecular weight excluding hydrogens is 229 g/mol. The van der Waals surface area contributed by atoms with Crippen LogP contribution in [0.4, 0.5) is 10.3 Å². The molecule has 4 heteroatoms. The second-order valence-corrected chi connectivity index (χ2v) is 4.43. The number of rotatable bonds is 4. The molecule has 1 heterocycles. The molecule has 0 spiro atoms. The third-order valence-electron chi connectivity index (χ3n) is 2.78. The lowest BCUT2D eigenvalue weighted by Crippen LogP contribution is -2.07. The van der Waals surface area contributed by atoms with Crippen molar-refractivity contribution in [1.29, 1.82) is 0 Å². The van der Waals surface area contributed by atoms with Crippen LogP contribution in [0.2, 0.25) is 0 Å². The number of nitrogens with one attached hydrogen (secondary N) is 1. The number of hydrogen-bond acceptors (Lipinski definition) is 2. The van der Waals surface area contributed by atoms with Gasteiger partial charge < -0.3 is 5.32 Å². The smallest absolute Gasteiger partial charge is 0.207 e. The van der Waals surface area contributed by atoms with Crippen molar-refractivity contribution in [1.82, 2.24) is 9.55 Å². The topological polar surface area (TPSA) is 29.9 Å². The van der Waals surface area contributed by atoms with Crippen molar-refractivity contribution >= 4 is 5.95 Å². The van der Waals surface area contributed by atoms with Crippen LogP contribution in [0.5, 0.6) is 0 Å². The predicted molar refractivity (Wildman–Crippen MR) is 71.8 cm³/mol. The molecule has 1 aromatic heterocycles. The van der Waals surface area contributed by atoms with Crippen LogP contribution in [-0.2, 0) is 0 Å². The van der Waals surface area contributed by atoms with Crippen LogP contribution in [-0.4, -0.2) is 16.1 Å². The minimum absolute atomic E-state index is 0.212. The Balaban J connectivity index is 2.42. The van der Waals surface area contributed by atoms with Crippen LogP contribution in [0.1, 0.15) is 24.6 Å². The number of aryl methyl sites for hydroxylation is 2. The van der Waals surface area contributed by atoms with E-state index in [9.17, 15) is 4.39 Å². The normalized spacial score (nSPS) is 10.7. The second-order valence-electron chi connectivity index (χ2n) is 4.43. The monoisotopic (exact) mass is 247 g/mol. The first-order valence-electron chi connectivity index (χ1n) is 6.18. The average Bonchev–Trinajstić information content (AvgIpc) is 2.67. The van der Waals surface area contributed by atoms with Crippen LogP contribution in [0.15, 0.2) is 24.4 Å². The Morgan fingerprint density at radius 2 is 2.11 bits per heavy atom. The Morgan fingerprint density at radius 1 is 1.33 bits per heavy atom. The standard InChI is InChI=1S/C14H18FN3/c1-4-7-16-14-17-11(3)9-18(14)13-6-5-12(15)8-10(13)2/h5-6,8-9H,4,7H2,1-3H3,(H,16,17). The SMILES string of the molecule is CCCNc1nc(C)cn1-c1ccc(F)cc1C. The Hall–Kier alpha value is -1.84. The highest BCUT2D eigenvalue weighted by Crippen LogP contribution is 2.20. The molecule has 96 valence electrons.